The van der Waals surface area contributed by atoms with Gasteiger partial charge >= 0.3 is 5.97 Å². The summed E-state index contributed by atoms with van der Waals surface area (Å²) in [6.07, 6.45) is 4.09. The number of hydrogen-bond donors (Lipinski definition) is 3. The smallest absolute Gasteiger partial charge is 0.343 e. The molecule has 4 rings (SSSR count). The minimum atomic E-state index is -3.54. The molecule has 33 heavy (non-hydrogen) atoms. The fourth-order valence-corrected chi connectivity index (χ4v) is 5.78. The van der Waals surface area contributed by atoms with Gasteiger partial charge in [-0.25, -0.2) is 13.2 Å². The molecule has 2 aliphatic rings. The number of carbonyl (C=O) groups is 1. The van der Waals surface area contributed by atoms with Crippen LogP contribution in [0.25, 0.3) is 16.7 Å². The lowest BCUT2D eigenvalue weighted by atomic mass is 9.82. The van der Waals surface area contributed by atoms with Crippen LogP contribution < -0.4 is 10.5 Å². The van der Waals surface area contributed by atoms with Crippen LogP contribution in [0, 0.1) is 6.92 Å². The number of aryl methyl sites for hydroxylation is 1. The summed E-state index contributed by atoms with van der Waals surface area (Å²) in [7, 11) is -3.54. The Labute approximate surface area is 198 Å². The van der Waals surface area contributed by atoms with E-state index in [1.807, 2.05) is 19.1 Å². The summed E-state index contributed by atoms with van der Waals surface area (Å²) in [5, 5.41) is 11.4. The van der Waals surface area contributed by atoms with E-state index in [0.717, 1.165) is 24.8 Å². The van der Waals surface area contributed by atoms with E-state index in [-0.39, 0.29) is 23.6 Å². The van der Waals surface area contributed by atoms with Gasteiger partial charge in [0, 0.05) is 22.8 Å². The van der Waals surface area contributed by atoms with E-state index in [2.05, 4.69) is 4.72 Å². The second-order valence-electron chi connectivity index (χ2n) is 8.61. The van der Waals surface area contributed by atoms with Gasteiger partial charge in [0.05, 0.1) is 5.75 Å². The highest BCUT2D eigenvalue weighted by atomic mass is 35.5. The molecule has 0 atom stereocenters. The maximum Gasteiger partial charge on any atom is 0.343 e. The molecule has 9 heteroatoms. The maximum absolute atomic E-state index is 12.8. The van der Waals surface area contributed by atoms with Crippen molar-refractivity contribution >= 4 is 38.9 Å². The first-order chi connectivity index (χ1) is 15.7. The van der Waals surface area contributed by atoms with Crippen molar-refractivity contribution in [2.75, 3.05) is 17.0 Å². The minimum Gasteiger partial charge on any atom is -0.507 e. The lowest BCUT2D eigenvalue weighted by Gasteiger charge is -2.31. The summed E-state index contributed by atoms with van der Waals surface area (Å²) in [5.41, 5.74) is 7.68. The Balaban J connectivity index is 1.71. The van der Waals surface area contributed by atoms with Crippen molar-refractivity contribution in [3.05, 3.63) is 58.3 Å². The Kier molecular flexibility index (Phi) is 6.44. The highest BCUT2D eigenvalue weighted by Gasteiger charge is 2.49. The maximum atomic E-state index is 12.8. The molecule has 176 valence electrons. The lowest BCUT2D eigenvalue weighted by molar-refractivity contribution is -0.149. The molecular formula is C24H27ClN2O5S. The topological polar surface area (TPSA) is 119 Å². The van der Waals surface area contributed by atoms with E-state index in [4.69, 9.17) is 22.1 Å². The van der Waals surface area contributed by atoms with Gasteiger partial charge in [-0.3, -0.25) is 4.72 Å². The lowest BCUT2D eigenvalue weighted by Crippen LogP contribution is -2.34. The highest BCUT2D eigenvalue weighted by molar-refractivity contribution is 7.92. The van der Waals surface area contributed by atoms with Crippen LogP contribution in [0.15, 0.2) is 42.2 Å². The predicted octanol–water partition coefficient (Wildman–Crippen LogP) is 4.54. The third kappa shape index (κ3) is 4.60. The van der Waals surface area contributed by atoms with Gasteiger partial charge in [0.15, 0.2) is 11.4 Å². The zero-order valence-corrected chi connectivity index (χ0v) is 19.9. The Morgan fingerprint density at radius 1 is 1.15 bits per heavy atom. The van der Waals surface area contributed by atoms with Crippen LogP contribution in [-0.4, -0.2) is 37.4 Å². The molecular weight excluding hydrogens is 464 g/mol. The molecule has 0 saturated heterocycles. The Morgan fingerprint density at radius 3 is 2.58 bits per heavy atom. The van der Waals surface area contributed by atoms with Crippen molar-refractivity contribution in [2.24, 2.45) is 5.73 Å². The number of rotatable bonds is 6. The standard InChI is InChI=1S/C24H27ClN2O5S/c1-15-12-19(16-6-5-7-17(13-16)27-33(30,31)11-10-26)20(25)14-18(15)21-22(28)24(32-23(21)29)8-3-2-4-9-24/h5-7,12-14,27-28H,2-4,8-11,26H2,1H3. The molecule has 0 unspecified atom stereocenters. The molecule has 4 N–H and O–H groups in total. The number of aliphatic hydroxyl groups excluding tert-OH is 1. The van der Waals surface area contributed by atoms with Crippen LogP contribution in [0.3, 0.4) is 0 Å². The summed E-state index contributed by atoms with van der Waals surface area (Å²) < 4.78 is 32.3. The van der Waals surface area contributed by atoms with E-state index in [9.17, 15) is 18.3 Å². The Hall–Kier alpha value is -2.55. The van der Waals surface area contributed by atoms with Crippen LogP contribution in [0.4, 0.5) is 5.69 Å². The van der Waals surface area contributed by atoms with Gasteiger partial charge in [0.1, 0.15) is 5.57 Å². The average Bonchev–Trinajstić information content (AvgIpc) is 2.98. The average molecular weight is 491 g/mol. The summed E-state index contributed by atoms with van der Waals surface area (Å²) in [6, 6.07) is 10.4. The third-order valence-electron chi connectivity index (χ3n) is 6.24. The normalized spacial score (nSPS) is 18.0. The number of aliphatic hydroxyl groups is 1. The zero-order valence-electron chi connectivity index (χ0n) is 18.4. The van der Waals surface area contributed by atoms with Crippen molar-refractivity contribution in [1.82, 2.24) is 0 Å². The van der Waals surface area contributed by atoms with Gasteiger partial charge in [0.2, 0.25) is 10.0 Å². The van der Waals surface area contributed by atoms with Crippen molar-refractivity contribution < 1.29 is 23.1 Å². The fourth-order valence-electron chi connectivity index (χ4n) is 4.61. The SMILES string of the molecule is Cc1cc(-c2cccc(NS(=O)(=O)CCN)c2)c(Cl)cc1C1=C(O)C2(CCCCC2)OC1=O. The molecule has 0 aromatic heterocycles. The zero-order chi connectivity index (χ0) is 23.8. The number of hydrogen-bond acceptors (Lipinski definition) is 6. The Morgan fingerprint density at radius 2 is 1.88 bits per heavy atom. The largest absolute Gasteiger partial charge is 0.507 e. The predicted molar refractivity (Wildman–Crippen MR) is 130 cm³/mol. The van der Waals surface area contributed by atoms with Crippen LogP contribution in [0.2, 0.25) is 5.02 Å². The summed E-state index contributed by atoms with van der Waals surface area (Å²) in [4.78, 5) is 12.8. The molecule has 1 spiro atoms. The molecule has 1 heterocycles. The first kappa shape index (κ1) is 23.6. The molecule has 2 aromatic rings. The molecule has 0 radical (unpaired) electrons. The second-order valence-corrected chi connectivity index (χ2v) is 10.9. The number of sulfonamides is 1. The van der Waals surface area contributed by atoms with Gasteiger partial charge in [-0.1, -0.05) is 30.2 Å². The van der Waals surface area contributed by atoms with Crippen LogP contribution >= 0.6 is 11.6 Å². The summed E-state index contributed by atoms with van der Waals surface area (Å²) in [5.74, 6) is -0.713. The van der Waals surface area contributed by atoms with E-state index >= 15 is 0 Å². The van der Waals surface area contributed by atoms with Gasteiger partial charge in [-0.2, -0.15) is 0 Å². The van der Waals surface area contributed by atoms with Crippen LogP contribution in [0.5, 0.6) is 0 Å². The fraction of sp³-hybridized carbons (Fsp3) is 0.375. The number of anilines is 1. The van der Waals surface area contributed by atoms with E-state index in [0.29, 0.717) is 40.2 Å². The number of ether oxygens (including phenoxy) is 1. The van der Waals surface area contributed by atoms with Crippen molar-refractivity contribution in [2.45, 2.75) is 44.6 Å². The third-order valence-corrected chi connectivity index (χ3v) is 7.87. The molecule has 1 saturated carbocycles. The van der Waals surface area contributed by atoms with Crippen molar-refractivity contribution in [1.29, 1.82) is 0 Å². The Bertz CT molecular complexity index is 1230. The van der Waals surface area contributed by atoms with E-state index in [1.54, 1.807) is 24.3 Å². The van der Waals surface area contributed by atoms with Gasteiger partial charge in [-0.15, -0.1) is 0 Å². The quantitative estimate of drug-likeness (QED) is 0.511. The summed E-state index contributed by atoms with van der Waals surface area (Å²) in [6.45, 7) is 1.86. The number of nitrogens with one attached hydrogen (secondary N) is 1. The second kappa shape index (κ2) is 9.00. The molecule has 1 fully saturated rings. The first-order valence-electron chi connectivity index (χ1n) is 10.9. The number of halogens is 1. The van der Waals surface area contributed by atoms with Gasteiger partial charge in [-0.05, 0) is 73.6 Å². The molecule has 1 aliphatic carbocycles. The molecule has 1 aliphatic heterocycles. The monoisotopic (exact) mass is 490 g/mol. The summed E-state index contributed by atoms with van der Waals surface area (Å²) >= 11 is 6.61. The molecule has 0 bridgehead atoms. The van der Waals surface area contributed by atoms with Crippen molar-refractivity contribution in [3.63, 3.8) is 0 Å². The number of carbonyl (C=O) groups excluding carboxylic acids is 1. The minimum absolute atomic E-state index is 0.00424. The van der Waals surface area contributed by atoms with Gasteiger partial charge in [0.25, 0.3) is 0 Å². The molecule has 0 amide bonds. The highest BCUT2D eigenvalue weighted by Crippen LogP contribution is 2.46. The van der Waals surface area contributed by atoms with Crippen LogP contribution in [-0.2, 0) is 19.6 Å². The molecule has 2 aromatic carbocycles. The molecule has 7 nitrogen and oxygen atoms in total. The van der Waals surface area contributed by atoms with E-state index in [1.165, 1.54) is 0 Å². The van der Waals surface area contributed by atoms with Crippen molar-refractivity contribution in [3.8, 4) is 11.1 Å². The number of benzene rings is 2. The van der Waals surface area contributed by atoms with Gasteiger partial charge < -0.3 is 15.6 Å². The van der Waals surface area contributed by atoms with E-state index < -0.39 is 21.6 Å². The first-order valence-corrected chi connectivity index (χ1v) is 13.0. The number of nitrogens with two attached hydrogens (primary N) is 1. The van der Waals surface area contributed by atoms with Crippen LogP contribution in [0.1, 0.15) is 43.2 Å². The number of esters is 1.